The standard InChI is InChI=1S/C21H22ClN5O2/c22-14-3-1-2-13(10-14)18-11-20(25-19-12-24-9-8-17(19)21(28)29)27(26-18)16-6-4-15(23)5-7-16/h1-3,8-12,15-16,25H,4-7,23H2,(H,28,29). The molecule has 1 aromatic carbocycles. The second-order valence-corrected chi connectivity index (χ2v) is 7.73. The molecule has 1 aliphatic rings. The van der Waals surface area contributed by atoms with E-state index in [9.17, 15) is 9.90 Å². The number of hydrogen-bond donors (Lipinski definition) is 3. The van der Waals surface area contributed by atoms with Crippen LogP contribution in [0.1, 0.15) is 42.1 Å². The maximum Gasteiger partial charge on any atom is 0.337 e. The lowest BCUT2D eigenvalue weighted by atomic mass is 9.92. The van der Waals surface area contributed by atoms with Gasteiger partial charge >= 0.3 is 5.97 Å². The number of rotatable bonds is 5. The van der Waals surface area contributed by atoms with Crippen LogP contribution in [0.3, 0.4) is 0 Å². The molecule has 0 unspecified atom stereocenters. The fourth-order valence-electron chi connectivity index (χ4n) is 3.72. The number of benzene rings is 1. The van der Waals surface area contributed by atoms with Crippen LogP contribution in [0, 0.1) is 0 Å². The molecule has 2 aromatic heterocycles. The predicted molar refractivity (Wildman–Crippen MR) is 113 cm³/mol. The van der Waals surface area contributed by atoms with Gasteiger partial charge < -0.3 is 16.2 Å². The molecule has 1 saturated carbocycles. The van der Waals surface area contributed by atoms with E-state index in [1.807, 2.05) is 35.0 Å². The lowest BCUT2D eigenvalue weighted by Gasteiger charge is -2.27. The Bertz CT molecular complexity index is 1030. The van der Waals surface area contributed by atoms with Crippen molar-refractivity contribution in [3.63, 3.8) is 0 Å². The number of pyridine rings is 1. The van der Waals surface area contributed by atoms with Gasteiger partial charge in [0.15, 0.2) is 0 Å². The van der Waals surface area contributed by atoms with Gasteiger partial charge in [-0.2, -0.15) is 5.10 Å². The van der Waals surface area contributed by atoms with Crippen LogP contribution in [0.25, 0.3) is 11.3 Å². The Balaban J connectivity index is 1.74. The van der Waals surface area contributed by atoms with Gasteiger partial charge in [0.1, 0.15) is 5.82 Å². The van der Waals surface area contributed by atoms with E-state index in [0.29, 0.717) is 10.7 Å². The van der Waals surface area contributed by atoms with Crippen molar-refractivity contribution >= 4 is 29.1 Å². The summed E-state index contributed by atoms with van der Waals surface area (Å²) in [6.45, 7) is 0. The minimum atomic E-state index is -1.01. The van der Waals surface area contributed by atoms with Crippen LogP contribution in [0.4, 0.5) is 11.5 Å². The van der Waals surface area contributed by atoms with E-state index in [2.05, 4.69) is 10.3 Å². The number of carboxylic acids is 1. The van der Waals surface area contributed by atoms with Gasteiger partial charge in [-0.15, -0.1) is 0 Å². The van der Waals surface area contributed by atoms with E-state index in [1.165, 1.54) is 18.5 Å². The van der Waals surface area contributed by atoms with Gasteiger partial charge in [-0.1, -0.05) is 23.7 Å². The number of aromatic nitrogens is 3. The zero-order valence-corrected chi connectivity index (χ0v) is 16.5. The lowest BCUT2D eigenvalue weighted by Crippen LogP contribution is -2.28. The van der Waals surface area contributed by atoms with Crippen LogP contribution in [-0.2, 0) is 0 Å². The SMILES string of the molecule is NC1CCC(n2nc(-c3cccc(Cl)c3)cc2Nc2cnccc2C(=O)O)CC1. The third-order valence-corrected chi connectivity index (χ3v) is 5.49. The van der Waals surface area contributed by atoms with Crippen molar-refractivity contribution in [2.45, 2.75) is 37.8 Å². The molecule has 1 aliphatic carbocycles. The molecule has 2 heterocycles. The number of nitrogens with zero attached hydrogens (tertiary/aromatic N) is 3. The minimum absolute atomic E-state index is 0.155. The Morgan fingerprint density at radius 1 is 1.21 bits per heavy atom. The molecule has 1 fully saturated rings. The summed E-state index contributed by atoms with van der Waals surface area (Å²) in [4.78, 5) is 15.6. The maximum absolute atomic E-state index is 11.6. The molecular formula is C21H22ClN5O2. The van der Waals surface area contributed by atoms with E-state index in [1.54, 1.807) is 0 Å². The zero-order valence-electron chi connectivity index (χ0n) is 15.8. The fraction of sp³-hybridized carbons (Fsp3) is 0.286. The zero-order chi connectivity index (χ0) is 20.4. The first-order valence-corrected chi connectivity index (χ1v) is 9.94. The quantitative estimate of drug-likeness (QED) is 0.571. The fourth-order valence-corrected chi connectivity index (χ4v) is 3.91. The van der Waals surface area contributed by atoms with E-state index in [4.69, 9.17) is 22.4 Å². The monoisotopic (exact) mass is 411 g/mol. The van der Waals surface area contributed by atoms with Gasteiger partial charge in [0, 0.05) is 28.9 Å². The van der Waals surface area contributed by atoms with Crippen molar-refractivity contribution < 1.29 is 9.90 Å². The third kappa shape index (κ3) is 4.26. The molecule has 29 heavy (non-hydrogen) atoms. The first-order valence-electron chi connectivity index (χ1n) is 9.56. The summed E-state index contributed by atoms with van der Waals surface area (Å²) in [5.41, 5.74) is 8.32. The van der Waals surface area contributed by atoms with E-state index < -0.39 is 5.97 Å². The first-order chi connectivity index (χ1) is 14.0. The number of anilines is 2. The number of hydrogen-bond acceptors (Lipinski definition) is 5. The highest BCUT2D eigenvalue weighted by atomic mass is 35.5. The van der Waals surface area contributed by atoms with Crippen molar-refractivity contribution in [3.05, 3.63) is 59.4 Å². The molecule has 8 heteroatoms. The average molecular weight is 412 g/mol. The Hall–Kier alpha value is -2.90. The van der Waals surface area contributed by atoms with Gasteiger partial charge in [-0.3, -0.25) is 4.98 Å². The highest BCUT2D eigenvalue weighted by Crippen LogP contribution is 2.34. The van der Waals surface area contributed by atoms with Crippen LogP contribution in [-0.4, -0.2) is 31.9 Å². The van der Waals surface area contributed by atoms with Gasteiger partial charge in [0.05, 0.1) is 29.2 Å². The maximum atomic E-state index is 11.6. The summed E-state index contributed by atoms with van der Waals surface area (Å²) in [6, 6.07) is 11.3. The molecule has 150 valence electrons. The summed E-state index contributed by atoms with van der Waals surface area (Å²) in [5.74, 6) is -0.296. The molecule has 0 amide bonds. The van der Waals surface area contributed by atoms with E-state index in [-0.39, 0.29) is 17.6 Å². The first kappa shape index (κ1) is 19.4. The van der Waals surface area contributed by atoms with Crippen molar-refractivity contribution in [1.29, 1.82) is 0 Å². The van der Waals surface area contributed by atoms with E-state index >= 15 is 0 Å². The van der Waals surface area contributed by atoms with Crippen LogP contribution in [0.15, 0.2) is 48.8 Å². The molecule has 0 bridgehead atoms. The number of nitrogens with one attached hydrogen (secondary N) is 1. The normalized spacial score (nSPS) is 19.1. The molecular weight excluding hydrogens is 390 g/mol. The second kappa shape index (κ2) is 8.23. The summed E-state index contributed by atoms with van der Waals surface area (Å²) in [5, 5.41) is 18.2. The molecule has 4 N–H and O–H groups in total. The number of nitrogens with two attached hydrogens (primary N) is 1. The molecule has 4 rings (SSSR count). The van der Waals surface area contributed by atoms with E-state index in [0.717, 1.165) is 42.8 Å². The molecule has 7 nitrogen and oxygen atoms in total. The number of aromatic carboxylic acids is 1. The minimum Gasteiger partial charge on any atom is -0.478 e. The lowest BCUT2D eigenvalue weighted by molar-refractivity contribution is 0.0698. The Morgan fingerprint density at radius 2 is 2.00 bits per heavy atom. The van der Waals surface area contributed by atoms with Gasteiger partial charge in [-0.05, 0) is 43.9 Å². The van der Waals surface area contributed by atoms with Gasteiger partial charge in [-0.25, -0.2) is 9.48 Å². The van der Waals surface area contributed by atoms with Crippen molar-refractivity contribution in [3.8, 4) is 11.3 Å². The number of carboxylic acid groups (broad SMARTS) is 1. The van der Waals surface area contributed by atoms with Gasteiger partial charge in [0.2, 0.25) is 0 Å². The largest absolute Gasteiger partial charge is 0.478 e. The highest BCUT2D eigenvalue weighted by Gasteiger charge is 2.24. The number of carbonyl (C=O) groups is 1. The van der Waals surface area contributed by atoms with Gasteiger partial charge in [0.25, 0.3) is 0 Å². The topological polar surface area (TPSA) is 106 Å². The molecule has 0 spiro atoms. The molecule has 0 radical (unpaired) electrons. The Morgan fingerprint density at radius 3 is 2.72 bits per heavy atom. The summed E-state index contributed by atoms with van der Waals surface area (Å²) in [6.07, 6.45) is 6.69. The second-order valence-electron chi connectivity index (χ2n) is 7.29. The van der Waals surface area contributed by atoms with Crippen LogP contribution >= 0.6 is 11.6 Å². The smallest absolute Gasteiger partial charge is 0.337 e. The Labute approximate surface area is 173 Å². The summed E-state index contributed by atoms with van der Waals surface area (Å²) >= 11 is 6.15. The highest BCUT2D eigenvalue weighted by molar-refractivity contribution is 6.30. The van der Waals surface area contributed by atoms with Crippen LogP contribution < -0.4 is 11.1 Å². The molecule has 3 aromatic rings. The van der Waals surface area contributed by atoms with Crippen molar-refractivity contribution in [2.24, 2.45) is 5.73 Å². The van der Waals surface area contributed by atoms with Crippen molar-refractivity contribution in [2.75, 3.05) is 5.32 Å². The Kier molecular flexibility index (Phi) is 5.51. The molecule has 0 saturated heterocycles. The summed E-state index contributed by atoms with van der Waals surface area (Å²) < 4.78 is 1.95. The predicted octanol–water partition coefficient (Wildman–Crippen LogP) is 4.48. The van der Waals surface area contributed by atoms with Crippen molar-refractivity contribution in [1.82, 2.24) is 14.8 Å². The molecule has 0 atom stereocenters. The average Bonchev–Trinajstić information content (AvgIpc) is 3.13. The van der Waals surface area contributed by atoms with Crippen LogP contribution in [0.2, 0.25) is 5.02 Å². The third-order valence-electron chi connectivity index (χ3n) is 5.26. The molecule has 0 aliphatic heterocycles. The van der Waals surface area contributed by atoms with Crippen LogP contribution in [0.5, 0.6) is 0 Å². The number of halogens is 1. The summed E-state index contributed by atoms with van der Waals surface area (Å²) in [7, 11) is 0.